The summed E-state index contributed by atoms with van der Waals surface area (Å²) in [5, 5.41) is 0. The molecule has 0 saturated carbocycles. The average Bonchev–Trinajstić information content (AvgIpc) is 2.94. The van der Waals surface area contributed by atoms with Gasteiger partial charge in [0, 0.05) is 18.9 Å². The minimum Gasteiger partial charge on any atom is -0.466 e. The second kappa shape index (κ2) is 8.57. The van der Waals surface area contributed by atoms with E-state index in [0.717, 1.165) is 32.1 Å². The van der Waals surface area contributed by atoms with Crippen LogP contribution in [0.1, 0.15) is 50.7 Å². The first-order chi connectivity index (χ1) is 10.7. The molecule has 1 aromatic rings. The highest BCUT2D eigenvalue weighted by atomic mass is 16.5. The van der Waals surface area contributed by atoms with Crippen molar-refractivity contribution in [3.63, 3.8) is 0 Å². The topological polar surface area (TPSA) is 35.5 Å². The highest BCUT2D eigenvalue weighted by Crippen LogP contribution is 2.37. The largest absolute Gasteiger partial charge is 0.466 e. The zero-order valence-corrected chi connectivity index (χ0v) is 13.2. The Bertz CT molecular complexity index is 529. The lowest BCUT2D eigenvalue weighted by Crippen LogP contribution is -2.08. The Morgan fingerprint density at radius 2 is 2.09 bits per heavy atom. The van der Waals surface area contributed by atoms with E-state index in [1.807, 2.05) is 18.2 Å². The second-order valence-electron chi connectivity index (χ2n) is 5.62. The van der Waals surface area contributed by atoms with E-state index >= 15 is 0 Å². The van der Waals surface area contributed by atoms with Crippen LogP contribution in [-0.4, -0.2) is 18.7 Å². The summed E-state index contributed by atoms with van der Waals surface area (Å²) in [5.74, 6) is -0.207. The van der Waals surface area contributed by atoms with Crippen molar-refractivity contribution in [2.45, 2.75) is 51.2 Å². The van der Waals surface area contributed by atoms with Gasteiger partial charge in [-0.2, -0.15) is 0 Å². The first-order valence-corrected chi connectivity index (χ1v) is 7.93. The van der Waals surface area contributed by atoms with Gasteiger partial charge in [-0.1, -0.05) is 43.3 Å². The summed E-state index contributed by atoms with van der Waals surface area (Å²) in [4.78, 5) is 10.7. The fraction of sp³-hybridized carbons (Fsp3) is 0.474. The zero-order valence-electron chi connectivity index (χ0n) is 13.2. The molecule has 2 rings (SSSR count). The van der Waals surface area contributed by atoms with Crippen molar-refractivity contribution in [2.75, 3.05) is 6.61 Å². The van der Waals surface area contributed by atoms with Gasteiger partial charge in [0.2, 0.25) is 0 Å². The number of hydrogen-bond acceptors (Lipinski definition) is 3. The lowest BCUT2D eigenvalue weighted by molar-refractivity contribution is -0.141. The quantitative estimate of drug-likeness (QED) is 0.426. The van der Waals surface area contributed by atoms with Gasteiger partial charge in [0.05, 0.1) is 18.8 Å². The summed E-state index contributed by atoms with van der Waals surface area (Å²) in [5.41, 5.74) is 5.44. The summed E-state index contributed by atoms with van der Waals surface area (Å²) < 4.78 is 11.1. The molecule has 0 unspecified atom stereocenters. The maximum Gasteiger partial charge on any atom is 0.302 e. The average molecular weight is 300 g/mol. The molecule has 3 nitrogen and oxygen atoms in total. The number of unbranched alkanes of at least 4 members (excludes halogenated alkanes) is 2. The monoisotopic (exact) mass is 300 g/mol. The molecule has 118 valence electrons. The predicted octanol–water partition coefficient (Wildman–Crippen LogP) is 4.35. The van der Waals surface area contributed by atoms with Gasteiger partial charge in [0.1, 0.15) is 0 Å². The van der Waals surface area contributed by atoms with Gasteiger partial charge in [-0.25, -0.2) is 0 Å². The molecule has 0 bridgehead atoms. The van der Waals surface area contributed by atoms with Crippen LogP contribution in [0.25, 0.3) is 0 Å². The van der Waals surface area contributed by atoms with E-state index in [1.54, 1.807) is 0 Å². The third kappa shape index (κ3) is 4.87. The molecule has 1 aliphatic heterocycles. The normalized spacial score (nSPS) is 20.7. The molecule has 2 atom stereocenters. The van der Waals surface area contributed by atoms with E-state index in [4.69, 9.17) is 9.47 Å². The van der Waals surface area contributed by atoms with E-state index in [-0.39, 0.29) is 18.2 Å². The Kier molecular flexibility index (Phi) is 6.45. The van der Waals surface area contributed by atoms with Crippen molar-refractivity contribution in [2.24, 2.45) is 0 Å². The van der Waals surface area contributed by atoms with Gasteiger partial charge in [0.25, 0.3) is 0 Å². The van der Waals surface area contributed by atoms with E-state index in [2.05, 4.69) is 24.4 Å². The lowest BCUT2D eigenvalue weighted by Gasteiger charge is -2.13. The molecule has 0 aromatic heterocycles. The van der Waals surface area contributed by atoms with Crippen LogP contribution in [-0.2, 0) is 14.3 Å². The minimum atomic E-state index is -0.207. The van der Waals surface area contributed by atoms with Crippen LogP contribution in [0.2, 0.25) is 0 Å². The Balaban J connectivity index is 1.76. The van der Waals surface area contributed by atoms with Crippen LogP contribution in [0.5, 0.6) is 0 Å². The predicted molar refractivity (Wildman–Crippen MR) is 86.4 cm³/mol. The summed E-state index contributed by atoms with van der Waals surface area (Å²) in [6.07, 6.45) is 5.09. The van der Waals surface area contributed by atoms with E-state index < -0.39 is 0 Å². The summed E-state index contributed by atoms with van der Waals surface area (Å²) >= 11 is 0. The van der Waals surface area contributed by atoms with Gasteiger partial charge >= 0.3 is 5.97 Å². The highest BCUT2D eigenvalue weighted by Gasteiger charge is 2.30. The Hall–Kier alpha value is -1.83. The van der Waals surface area contributed by atoms with Crippen molar-refractivity contribution in [3.8, 4) is 0 Å². The SMILES string of the molecule is C=C=C1C[C@@H](c2ccccc2)O[C@H]1CCCCCOC(C)=O. The number of rotatable bonds is 7. The van der Waals surface area contributed by atoms with Gasteiger partial charge in [-0.05, 0) is 24.8 Å². The lowest BCUT2D eigenvalue weighted by atomic mass is 10.0. The highest BCUT2D eigenvalue weighted by molar-refractivity contribution is 5.65. The number of hydrogen-bond donors (Lipinski definition) is 0. The van der Waals surface area contributed by atoms with Gasteiger partial charge < -0.3 is 9.47 Å². The van der Waals surface area contributed by atoms with E-state index in [0.29, 0.717) is 6.61 Å². The second-order valence-corrected chi connectivity index (χ2v) is 5.62. The number of carbonyl (C=O) groups is 1. The smallest absolute Gasteiger partial charge is 0.302 e. The molecule has 1 saturated heterocycles. The summed E-state index contributed by atoms with van der Waals surface area (Å²) in [6, 6.07) is 10.3. The maximum absolute atomic E-state index is 10.7. The Morgan fingerprint density at radius 3 is 2.77 bits per heavy atom. The molecule has 0 radical (unpaired) electrons. The molecule has 1 aliphatic rings. The molecule has 1 aromatic carbocycles. The van der Waals surface area contributed by atoms with E-state index in [1.165, 1.54) is 18.1 Å². The van der Waals surface area contributed by atoms with Gasteiger partial charge in [0.15, 0.2) is 0 Å². The fourth-order valence-electron chi connectivity index (χ4n) is 2.78. The van der Waals surface area contributed by atoms with Crippen molar-refractivity contribution >= 4 is 5.97 Å². The molecule has 1 fully saturated rings. The molecule has 22 heavy (non-hydrogen) atoms. The number of benzene rings is 1. The van der Waals surface area contributed by atoms with Crippen LogP contribution in [0.4, 0.5) is 0 Å². The van der Waals surface area contributed by atoms with Crippen molar-refractivity contribution in [1.29, 1.82) is 0 Å². The van der Waals surface area contributed by atoms with Gasteiger partial charge in [-0.15, -0.1) is 5.73 Å². The Labute approximate surface area is 132 Å². The summed E-state index contributed by atoms with van der Waals surface area (Å²) in [6.45, 7) is 5.75. The molecule has 0 spiro atoms. The van der Waals surface area contributed by atoms with Crippen molar-refractivity contribution in [3.05, 3.63) is 53.8 Å². The first-order valence-electron chi connectivity index (χ1n) is 7.93. The van der Waals surface area contributed by atoms with E-state index in [9.17, 15) is 4.79 Å². The number of carbonyl (C=O) groups excluding carboxylic acids is 1. The molecule has 0 aliphatic carbocycles. The maximum atomic E-state index is 10.7. The molecule has 1 heterocycles. The first kappa shape index (κ1) is 16.5. The van der Waals surface area contributed by atoms with Crippen molar-refractivity contribution in [1.82, 2.24) is 0 Å². The zero-order chi connectivity index (χ0) is 15.8. The molecule has 0 N–H and O–H groups in total. The minimum absolute atomic E-state index is 0.122. The van der Waals surface area contributed by atoms with Crippen LogP contribution in [0.15, 0.2) is 48.2 Å². The molecule has 3 heteroatoms. The number of esters is 1. The standard InChI is InChI=1S/C19H24O3/c1-3-16-14-19(17-10-6-4-7-11-17)22-18(16)12-8-5-9-13-21-15(2)20/h4,6-7,10-11,18-19H,1,5,8-9,12-14H2,2H3/t18-,19-/m0/s1. The van der Waals surface area contributed by atoms with Gasteiger partial charge in [-0.3, -0.25) is 4.79 Å². The molecule has 0 amide bonds. The van der Waals surface area contributed by atoms with Crippen LogP contribution >= 0.6 is 0 Å². The molecular formula is C19H24O3. The number of ether oxygens (including phenoxy) is 2. The summed E-state index contributed by atoms with van der Waals surface area (Å²) in [7, 11) is 0. The Morgan fingerprint density at radius 1 is 1.32 bits per heavy atom. The van der Waals surface area contributed by atoms with Crippen LogP contribution in [0, 0.1) is 0 Å². The van der Waals surface area contributed by atoms with Crippen LogP contribution in [0.3, 0.4) is 0 Å². The third-order valence-electron chi connectivity index (χ3n) is 3.94. The van der Waals surface area contributed by atoms with Crippen LogP contribution < -0.4 is 0 Å². The van der Waals surface area contributed by atoms with Crippen molar-refractivity contribution < 1.29 is 14.3 Å². The molecular weight excluding hydrogens is 276 g/mol. The fourth-order valence-corrected chi connectivity index (χ4v) is 2.78. The third-order valence-corrected chi connectivity index (χ3v) is 3.94.